The van der Waals surface area contributed by atoms with E-state index >= 15 is 0 Å². The summed E-state index contributed by atoms with van der Waals surface area (Å²) in [6.07, 6.45) is 5.13. The zero-order valence-electron chi connectivity index (χ0n) is 12.4. The molecule has 1 N–H and O–H groups in total. The maximum Gasteiger partial charge on any atom is 0.354 e. The molecule has 0 bridgehead atoms. The van der Waals surface area contributed by atoms with E-state index in [-0.39, 0.29) is 11.8 Å². The fraction of sp³-hybridized carbons (Fsp3) is 0.625. The first-order valence-corrected chi connectivity index (χ1v) is 7.33. The van der Waals surface area contributed by atoms with E-state index < -0.39 is 5.97 Å². The molecule has 1 aliphatic rings. The van der Waals surface area contributed by atoms with Crippen LogP contribution in [0.15, 0.2) is 18.3 Å². The second kappa shape index (κ2) is 6.25. The van der Waals surface area contributed by atoms with Gasteiger partial charge in [0, 0.05) is 12.3 Å². The van der Waals surface area contributed by atoms with Crippen molar-refractivity contribution in [2.75, 3.05) is 0 Å². The third kappa shape index (κ3) is 3.50. The third-order valence-electron chi connectivity index (χ3n) is 4.20. The highest BCUT2D eigenvalue weighted by molar-refractivity contribution is 5.85. The van der Waals surface area contributed by atoms with Crippen molar-refractivity contribution < 1.29 is 14.6 Å². The van der Waals surface area contributed by atoms with Crippen LogP contribution in [0, 0.1) is 17.8 Å². The van der Waals surface area contributed by atoms with E-state index in [1.807, 2.05) is 0 Å². The maximum absolute atomic E-state index is 11.0. The molecule has 0 radical (unpaired) electrons. The smallest absolute Gasteiger partial charge is 0.354 e. The van der Waals surface area contributed by atoms with Gasteiger partial charge in [-0.2, -0.15) is 0 Å². The lowest BCUT2D eigenvalue weighted by Gasteiger charge is -2.37. The first kappa shape index (κ1) is 14.8. The third-order valence-corrected chi connectivity index (χ3v) is 4.20. The van der Waals surface area contributed by atoms with E-state index in [1.54, 1.807) is 6.07 Å². The van der Waals surface area contributed by atoms with Gasteiger partial charge in [-0.05, 0) is 36.7 Å². The molecule has 0 aliphatic heterocycles. The normalized spacial score (nSPS) is 26.5. The van der Waals surface area contributed by atoms with Gasteiger partial charge in [-0.25, -0.2) is 9.78 Å². The molecular formula is C16H23NO3. The Morgan fingerprint density at radius 3 is 2.85 bits per heavy atom. The number of carbonyl (C=O) groups is 1. The summed E-state index contributed by atoms with van der Waals surface area (Å²) in [6.45, 7) is 6.71. The predicted molar refractivity (Wildman–Crippen MR) is 77.0 cm³/mol. The Balaban J connectivity index is 2.13. The molecule has 1 saturated carbocycles. The van der Waals surface area contributed by atoms with Gasteiger partial charge in [-0.1, -0.05) is 27.2 Å². The van der Waals surface area contributed by atoms with Gasteiger partial charge in [0.15, 0.2) is 5.69 Å². The molecule has 0 saturated heterocycles. The zero-order valence-corrected chi connectivity index (χ0v) is 12.4. The summed E-state index contributed by atoms with van der Waals surface area (Å²) in [6, 6.07) is 3.25. The summed E-state index contributed by atoms with van der Waals surface area (Å²) in [7, 11) is 0. The van der Waals surface area contributed by atoms with E-state index in [0.29, 0.717) is 23.5 Å². The molecule has 0 spiro atoms. The number of aromatic carboxylic acids is 1. The molecule has 1 fully saturated rings. The summed E-state index contributed by atoms with van der Waals surface area (Å²) >= 11 is 0. The number of pyridine rings is 1. The molecule has 110 valence electrons. The van der Waals surface area contributed by atoms with Crippen molar-refractivity contribution in [1.29, 1.82) is 0 Å². The van der Waals surface area contributed by atoms with Crippen LogP contribution >= 0.6 is 0 Å². The van der Waals surface area contributed by atoms with Crippen LogP contribution in [0.3, 0.4) is 0 Å². The standard InChI is InChI=1S/C16H23NO3/c1-10(2)13-5-4-11(3)8-15(13)20-12-6-7-17-14(9-12)16(18)19/h6-7,9-11,13,15H,4-5,8H2,1-3H3,(H,18,19). The van der Waals surface area contributed by atoms with Gasteiger partial charge in [0.1, 0.15) is 11.9 Å². The number of carboxylic acids is 1. The fourth-order valence-electron chi connectivity index (χ4n) is 3.03. The van der Waals surface area contributed by atoms with Crippen molar-refractivity contribution >= 4 is 5.97 Å². The van der Waals surface area contributed by atoms with Gasteiger partial charge >= 0.3 is 5.97 Å². The fourth-order valence-corrected chi connectivity index (χ4v) is 3.03. The minimum Gasteiger partial charge on any atom is -0.490 e. The molecule has 20 heavy (non-hydrogen) atoms. The molecule has 4 heteroatoms. The summed E-state index contributed by atoms with van der Waals surface area (Å²) < 4.78 is 6.09. The van der Waals surface area contributed by atoms with E-state index in [1.165, 1.54) is 25.1 Å². The van der Waals surface area contributed by atoms with Crippen molar-refractivity contribution in [3.05, 3.63) is 24.0 Å². The largest absolute Gasteiger partial charge is 0.490 e. The Kier molecular flexibility index (Phi) is 4.63. The van der Waals surface area contributed by atoms with E-state index in [9.17, 15) is 4.79 Å². The lowest BCUT2D eigenvalue weighted by atomic mass is 9.75. The molecule has 4 nitrogen and oxygen atoms in total. The molecule has 2 rings (SSSR count). The predicted octanol–water partition coefficient (Wildman–Crippen LogP) is 3.62. The van der Waals surface area contributed by atoms with Gasteiger partial charge in [0.05, 0.1) is 0 Å². The number of ether oxygens (including phenoxy) is 1. The lowest BCUT2D eigenvalue weighted by molar-refractivity contribution is 0.0456. The monoisotopic (exact) mass is 277 g/mol. The van der Waals surface area contributed by atoms with Crippen LogP contribution in [0.25, 0.3) is 0 Å². The Morgan fingerprint density at radius 2 is 2.20 bits per heavy atom. The molecule has 1 heterocycles. The van der Waals surface area contributed by atoms with E-state index in [0.717, 1.165) is 6.42 Å². The molecule has 3 unspecified atom stereocenters. The first-order chi connectivity index (χ1) is 9.47. The van der Waals surface area contributed by atoms with Gasteiger partial charge < -0.3 is 9.84 Å². The molecule has 1 aromatic rings. The van der Waals surface area contributed by atoms with Gasteiger partial charge in [-0.15, -0.1) is 0 Å². The van der Waals surface area contributed by atoms with Crippen molar-refractivity contribution in [3.8, 4) is 5.75 Å². The average Bonchev–Trinajstić information content (AvgIpc) is 2.38. The number of carboxylic acid groups (broad SMARTS) is 1. The van der Waals surface area contributed by atoms with Crippen LogP contribution in [-0.2, 0) is 0 Å². The quantitative estimate of drug-likeness (QED) is 0.913. The highest BCUT2D eigenvalue weighted by Crippen LogP contribution is 2.35. The topological polar surface area (TPSA) is 59.4 Å². The SMILES string of the molecule is CC1CCC(C(C)C)C(Oc2ccnc(C(=O)O)c2)C1. The Bertz CT molecular complexity index is 473. The van der Waals surface area contributed by atoms with Crippen LogP contribution in [0.2, 0.25) is 0 Å². The Labute approximate surface area is 120 Å². The van der Waals surface area contributed by atoms with Crippen LogP contribution in [0.4, 0.5) is 0 Å². The lowest BCUT2D eigenvalue weighted by Crippen LogP contribution is -2.36. The van der Waals surface area contributed by atoms with Crippen LogP contribution < -0.4 is 4.74 Å². The van der Waals surface area contributed by atoms with Gasteiger partial charge in [-0.3, -0.25) is 0 Å². The van der Waals surface area contributed by atoms with E-state index in [2.05, 4.69) is 25.8 Å². The highest BCUT2D eigenvalue weighted by Gasteiger charge is 2.32. The first-order valence-electron chi connectivity index (χ1n) is 7.33. The number of hydrogen-bond acceptors (Lipinski definition) is 3. The Morgan fingerprint density at radius 1 is 1.45 bits per heavy atom. The van der Waals surface area contributed by atoms with Crippen molar-refractivity contribution in [1.82, 2.24) is 4.98 Å². The number of hydrogen-bond donors (Lipinski definition) is 1. The highest BCUT2D eigenvalue weighted by atomic mass is 16.5. The van der Waals surface area contributed by atoms with Crippen LogP contribution in [0.1, 0.15) is 50.5 Å². The Hall–Kier alpha value is -1.58. The van der Waals surface area contributed by atoms with Gasteiger partial charge in [0.25, 0.3) is 0 Å². The molecule has 0 aromatic carbocycles. The van der Waals surface area contributed by atoms with Gasteiger partial charge in [0.2, 0.25) is 0 Å². The minimum absolute atomic E-state index is 0.0347. The van der Waals surface area contributed by atoms with Crippen LogP contribution in [-0.4, -0.2) is 22.2 Å². The molecule has 3 atom stereocenters. The molecule has 1 aliphatic carbocycles. The summed E-state index contributed by atoms with van der Waals surface area (Å²) in [5.41, 5.74) is 0.0347. The second-order valence-corrected chi connectivity index (χ2v) is 6.16. The summed E-state index contributed by atoms with van der Waals surface area (Å²) in [5, 5.41) is 8.98. The van der Waals surface area contributed by atoms with Crippen LogP contribution in [0.5, 0.6) is 5.75 Å². The molecule has 1 aromatic heterocycles. The number of rotatable bonds is 4. The van der Waals surface area contributed by atoms with Crippen molar-refractivity contribution in [2.45, 2.75) is 46.1 Å². The molecular weight excluding hydrogens is 254 g/mol. The van der Waals surface area contributed by atoms with Crippen molar-refractivity contribution in [3.63, 3.8) is 0 Å². The van der Waals surface area contributed by atoms with E-state index in [4.69, 9.17) is 9.84 Å². The second-order valence-electron chi connectivity index (χ2n) is 6.16. The molecule has 0 amide bonds. The number of nitrogens with zero attached hydrogens (tertiary/aromatic N) is 1. The zero-order chi connectivity index (χ0) is 14.7. The summed E-state index contributed by atoms with van der Waals surface area (Å²) in [5.74, 6) is 1.37. The maximum atomic E-state index is 11.0. The average molecular weight is 277 g/mol. The van der Waals surface area contributed by atoms with Crippen molar-refractivity contribution in [2.24, 2.45) is 17.8 Å². The minimum atomic E-state index is -1.02. The summed E-state index contributed by atoms with van der Waals surface area (Å²) in [4.78, 5) is 14.8. The number of aromatic nitrogens is 1.